The average Bonchev–Trinajstić information content (AvgIpc) is 3.00. The van der Waals surface area contributed by atoms with Crippen LogP contribution in [0.5, 0.6) is 5.75 Å². The largest absolute Gasteiger partial charge is 0.484 e. The van der Waals surface area contributed by atoms with Crippen molar-refractivity contribution in [3.05, 3.63) is 34.4 Å². The number of β-amino-alcohol motifs (C(OH)–C–C–N with tert-alkyl or cyclic N) is 1. The highest BCUT2D eigenvalue weighted by molar-refractivity contribution is 5.45. The van der Waals surface area contributed by atoms with Crippen LogP contribution in [0.2, 0.25) is 0 Å². The van der Waals surface area contributed by atoms with Gasteiger partial charge in [-0.05, 0) is 32.4 Å². The molecule has 2 fully saturated rings. The average molecular weight is 335 g/mol. The van der Waals surface area contributed by atoms with Crippen LogP contribution >= 0.6 is 0 Å². The van der Waals surface area contributed by atoms with Crippen LogP contribution in [0.1, 0.15) is 19.8 Å². The molecule has 132 valence electrons. The van der Waals surface area contributed by atoms with Gasteiger partial charge in [-0.2, -0.15) is 0 Å². The Bertz CT molecular complexity index is 583. The molecule has 1 aromatic rings. The van der Waals surface area contributed by atoms with Gasteiger partial charge >= 0.3 is 5.69 Å². The molecular weight excluding hydrogens is 310 g/mol. The highest BCUT2D eigenvalue weighted by atomic mass is 16.6. The molecule has 2 aliphatic heterocycles. The maximum absolute atomic E-state index is 11.0. The summed E-state index contributed by atoms with van der Waals surface area (Å²) in [6, 6.07) is 7.26. The van der Waals surface area contributed by atoms with Gasteiger partial charge in [0.15, 0.2) is 5.75 Å². The number of aliphatic hydroxyl groups is 1. The molecule has 3 unspecified atom stereocenters. The van der Waals surface area contributed by atoms with Gasteiger partial charge in [0.05, 0.1) is 4.92 Å². The molecule has 1 aromatic carbocycles. The Hall–Kier alpha value is -1.70. The molecule has 24 heavy (non-hydrogen) atoms. The maximum atomic E-state index is 11.0. The summed E-state index contributed by atoms with van der Waals surface area (Å²) < 4.78 is 5.49. The maximum Gasteiger partial charge on any atom is 0.310 e. The molecule has 0 bridgehead atoms. The minimum absolute atomic E-state index is 0.0580. The van der Waals surface area contributed by atoms with Crippen LogP contribution in [0.3, 0.4) is 0 Å². The fourth-order valence-electron chi connectivity index (χ4n) is 3.74. The number of hydrogen-bond donors (Lipinski definition) is 1. The van der Waals surface area contributed by atoms with Crippen LogP contribution in [-0.2, 0) is 0 Å². The quantitative estimate of drug-likeness (QED) is 0.627. The number of nitro groups is 1. The summed E-state index contributed by atoms with van der Waals surface area (Å²) in [5.41, 5.74) is -0.0716. The zero-order valence-corrected chi connectivity index (χ0v) is 14.0. The van der Waals surface area contributed by atoms with Crippen LogP contribution < -0.4 is 4.74 Å². The Balaban J connectivity index is 1.52. The minimum atomic E-state index is -0.666. The van der Waals surface area contributed by atoms with Gasteiger partial charge in [0.1, 0.15) is 12.7 Å². The van der Waals surface area contributed by atoms with Crippen molar-refractivity contribution < 1.29 is 14.8 Å². The van der Waals surface area contributed by atoms with Crippen molar-refractivity contribution >= 4 is 5.69 Å². The van der Waals surface area contributed by atoms with E-state index in [0.29, 0.717) is 18.6 Å². The Morgan fingerprint density at radius 2 is 2.21 bits per heavy atom. The predicted octanol–water partition coefficient (Wildman–Crippen LogP) is 1.50. The molecule has 0 aromatic heterocycles. The van der Waals surface area contributed by atoms with Crippen LogP contribution in [0.4, 0.5) is 5.69 Å². The smallest absolute Gasteiger partial charge is 0.310 e. The van der Waals surface area contributed by atoms with Gasteiger partial charge in [-0.3, -0.25) is 19.9 Å². The van der Waals surface area contributed by atoms with E-state index in [2.05, 4.69) is 16.7 Å². The molecule has 3 rings (SSSR count). The van der Waals surface area contributed by atoms with Crippen molar-refractivity contribution in [2.75, 3.05) is 32.8 Å². The first kappa shape index (κ1) is 17.1. The van der Waals surface area contributed by atoms with Gasteiger partial charge in [0.2, 0.25) is 0 Å². The zero-order chi connectivity index (χ0) is 17.1. The Morgan fingerprint density at radius 3 is 3.00 bits per heavy atom. The van der Waals surface area contributed by atoms with E-state index in [1.807, 2.05) is 0 Å². The normalized spacial score (nSPS) is 26.1. The van der Waals surface area contributed by atoms with Crippen molar-refractivity contribution in [1.29, 1.82) is 0 Å². The van der Waals surface area contributed by atoms with Crippen molar-refractivity contribution in [3.63, 3.8) is 0 Å². The van der Waals surface area contributed by atoms with Crippen molar-refractivity contribution in [1.82, 2.24) is 9.80 Å². The summed E-state index contributed by atoms with van der Waals surface area (Å²) in [5.74, 6) is 0.204. The highest BCUT2D eigenvalue weighted by Gasteiger charge is 2.34. The van der Waals surface area contributed by atoms with Gasteiger partial charge in [-0.25, -0.2) is 0 Å². The fourth-order valence-corrected chi connectivity index (χ4v) is 3.74. The molecule has 0 aliphatic carbocycles. The molecule has 0 saturated carbocycles. The molecule has 0 amide bonds. The molecule has 2 saturated heterocycles. The number of hydrogen-bond acceptors (Lipinski definition) is 6. The van der Waals surface area contributed by atoms with Crippen LogP contribution in [0.15, 0.2) is 24.3 Å². The van der Waals surface area contributed by atoms with Crippen molar-refractivity contribution in [3.8, 4) is 5.75 Å². The van der Waals surface area contributed by atoms with E-state index in [0.717, 1.165) is 13.1 Å². The summed E-state index contributed by atoms with van der Waals surface area (Å²) in [6.45, 7) is 5.98. The van der Waals surface area contributed by atoms with E-state index in [1.165, 1.54) is 25.5 Å². The van der Waals surface area contributed by atoms with Crippen LogP contribution in [0.25, 0.3) is 0 Å². The molecule has 0 spiro atoms. The number of rotatable bonds is 6. The number of benzene rings is 1. The summed E-state index contributed by atoms with van der Waals surface area (Å²) in [4.78, 5) is 15.4. The molecule has 3 atom stereocenters. The molecule has 7 heteroatoms. The lowest BCUT2D eigenvalue weighted by molar-refractivity contribution is -0.385. The molecule has 0 radical (unpaired) electrons. The topological polar surface area (TPSA) is 79.1 Å². The Kier molecular flexibility index (Phi) is 5.33. The van der Waals surface area contributed by atoms with E-state index in [9.17, 15) is 15.2 Å². The first-order chi connectivity index (χ1) is 11.5. The number of para-hydroxylation sites is 2. The molecular formula is C17H25N3O4. The van der Waals surface area contributed by atoms with Gasteiger partial charge in [-0.15, -0.1) is 0 Å². The number of piperazine rings is 1. The Morgan fingerprint density at radius 1 is 1.42 bits per heavy atom. The van der Waals surface area contributed by atoms with Crippen molar-refractivity contribution in [2.24, 2.45) is 0 Å². The lowest BCUT2D eigenvalue weighted by atomic mass is 10.1. The summed E-state index contributed by atoms with van der Waals surface area (Å²) >= 11 is 0. The van der Waals surface area contributed by atoms with Gasteiger partial charge < -0.3 is 9.84 Å². The third-order valence-corrected chi connectivity index (χ3v) is 5.00. The second-order valence-corrected chi connectivity index (χ2v) is 6.78. The van der Waals surface area contributed by atoms with Gasteiger partial charge in [0.25, 0.3) is 0 Å². The number of nitrogens with zero attached hydrogens (tertiary/aromatic N) is 3. The van der Waals surface area contributed by atoms with Gasteiger partial charge in [-0.1, -0.05) is 12.1 Å². The standard InChI is InChI=1S/C17H25N3O4/c1-13-9-18-8-4-5-14(18)10-19(13)11-15(21)12-24-17-7-3-2-6-16(17)20(22)23/h2-3,6-7,13-15,21H,4-5,8-12H2,1H3. The second-order valence-electron chi connectivity index (χ2n) is 6.78. The van der Waals surface area contributed by atoms with Crippen LogP contribution in [0, 0.1) is 10.1 Å². The Labute approximate surface area is 142 Å². The minimum Gasteiger partial charge on any atom is -0.484 e. The lowest BCUT2D eigenvalue weighted by Gasteiger charge is -2.42. The molecule has 1 N–H and O–H groups in total. The zero-order valence-electron chi connectivity index (χ0n) is 14.0. The lowest BCUT2D eigenvalue weighted by Crippen LogP contribution is -2.56. The first-order valence-corrected chi connectivity index (χ1v) is 8.57. The third-order valence-electron chi connectivity index (χ3n) is 5.00. The number of ether oxygens (including phenoxy) is 1. The number of nitro benzene ring substituents is 1. The SMILES string of the molecule is CC1CN2CCCC2CN1CC(O)COc1ccccc1[N+](=O)[O-]. The predicted molar refractivity (Wildman–Crippen MR) is 90.2 cm³/mol. The van der Waals surface area contributed by atoms with E-state index >= 15 is 0 Å². The van der Waals surface area contributed by atoms with E-state index in [1.54, 1.807) is 18.2 Å². The van der Waals surface area contributed by atoms with Crippen molar-refractivity contribution in [2.45, 2.75) is 38.0 Å². The fraction of sp³-hybridized carbons (Fsp3) is 0.647. The first-order valence-electron chi connectivity index (χ1n) is 8.57. The van der Waals surface area contributed by atoms with Gasteiger partial charge in [0, 0.05) is 37.8 Å². The third kappa shape index (κ3) is 3.85. The summed E-state index contributed by atoms with van der Waals surface area (Å²) in [6.07, 6.45) is 1.82. The van der Waals surface area contributed by atoms with E-state index in [4.69, 9.17) is 4.74 Å². The summed E-state index contributed by atoms with van der Waals surface area (Å²) in [5, 5.41) is 21.3. The van der Waals surface area contributed by atoms with E-state index < -0.39 is 11.0 Å². The molecule has 2 aliphatic rings. The number of aliphatic hydroxyl groups excluding tert-OH is 1. The monoisotopic (exact) mass is 335 g/mol. The molecule has 2 heterocycles. The van der Waals surface area contributed by atoms with Crippen LogP contribution in [-0.4, -0.2) is 70.8 Å². The van der Waals surface area contributed by atoms with E-state index in [-0.39, 0.29) is 18.0 Å². The molecule has 7 nitrogen and oxygen atoms in total. The highest BCUT2D eigenvalue weighted by Crippen LogP contribution is 2.27. The second kappa shape index (κ2) is 7.46. The summed E-state index contributed by atoms with van der Waals surface area (Å²) in [7, 11) is 0. The number of fused-ring (bicyclic) bond motifs is 1.